The maximum Gasteiger partial charge on any atom is 0.199 e. The number of piperidine rings is 1. The van der Waals surface area contributed by atoms with Gasteiger partial charge in [0.05, 0.1) is 21.5 Å². The van der Waals surface area contributed by atoms with Crippen LogP contribution in [-0.4, -0.2) is 39.6 Å². The maximum absolute atomic E-state index is 12.5. The average Bonchev–Trinajstić information content (AvgIpc) is 2.69. The number of ether oxygens (including phenoxy) is 1. The first-order chi connectivity index (χ1) is 13.8. The highest BCUT2D eigenvalue weighted by Crippen LogP contribution is 2.26. The summed E-state index contributed by atoms with van der Waals surface area (Å²) in [5.74, 6) is 0.704. The monoisotopic (exact) mass is 473 g/mol. The van der Waals surface area contributed by atoms with Crippen molar-refractivity contribution in [1.29, 1.82) is 0 Å². The van der Waals surface area contributed by atoms with Crippen LogP contribution in [-0.2, 0) is 9.84 Å². The lowest BCUT2D eigenvalue weighted by Crippen LogP contribution is -2.32. The number of halogens is 3. The van der Waals surface area contributed by atoms with Crippen molar-refractivity contribution in [3.8, 4) is 5.75 Å². The van der Waals surface area contributed by atoms with Gasteiger partial charge in [-0.2, -0.15) is 0 Å². The fourth-order valence-electron chi connectivity index (χ4n) is 3.14. The number of nitrogens with zero attached hydrogens (tertiary/aromatic N) is 1. The molecule has 1 aliphatic heterocycles. The zero-order valence-electron chi connectivity index (χ0n) is 15.8. The molecule has 0 unspecified atom stereocenters. The minimum Gasteiger partial charge on any atom is -0.493 e. The Morgan fingerprint density at radius 2 is 1.66 bits per heavy atom. The standard InChI is InChI=1S/C21H22Cl3NO3S/c22-17-2-5-19(6-3-17)29(26,27)15-16-8-11-25(12-9-16)10-1-13-28-18-4-7-20(23)21(24)14-18/h2-7,14-15H,1,8-13H2. The van der Waals surface area contributed by atoms with E-state index in [-0.39, 0.29) is 4.90 Å². The molecular weight excluding hydrogens is 453 g/mol. The Morgan fingerprint density at radius 1 is 0.966 bits per heavy atom. The summed E-state index contributed by atoms with van der Waals surface area (Å²) >= 11 is 17.7. The molecule has 0 aliphatic carbocycles. The Balaban J connectivity index is 1.43. The molecule has 1 aliphatic rings. The number of likely N-dealkylation sites (tertiary alicyclic amines) is 1. The summed E-state index contributed by atoms with van der Waals surface area (Å²) in [4.78, 5) is 2.60. The van der Waals surface area contributed by atoms with E-state index in [9.17, 15) is 8.42 Å². The highest BCUT2D eigenvalue weighted by molar-refractivity contribution is 7.94. The molecule has 1 saturated heterocycles. The molecule has 0 aromatic heterocycles. The van der Waals surface area contributed by atoms with Gasteiger partial charge in [-0.05, 0) is 55.7 Å². The van der Waals surface area contributed by atoms with Crippen LogP contribution < -0.4 is 4.74 Å². The highest BCUT2D eigenvalue weighted by atomic mass is 35.5. The van der Waals surface area contributed by atoms with Crippen LogP contribution in [0.1, 0.15) is 19.3 Å². The molecule has 0 radical (unpaired) electrons. The van der Waals surface area contributed by atoms with Gasteiger partial charge in [-0.25, -0.2) is 8.42 Å². The zero-order valence-corrected chi connectivity index (χ0v) is 18.9. The van der Waals surface area contributed by atoms with Gasteiger partial charge in [-0.15, -0.1) is 0 Å². The lowest BCUT2D eigenvalue weighted by atomic mass is 10.1. The van der Waals surface area contributed by atoms with Crippen molar-refractivity contribution in [3.05, 3.63) is 68.5 Å². The summed E-state index contributed by atoms with van der Waals surface area (Å²) in [5.41, 5.74) is 0.961. The van der Waals surface area contributed by atoms with E-state index < -0.39 is 9.84 Å². The number of sulfone groups is 1. The van der Waals surface area contributed by atoms with Gasteiger partial charge in [0.15, 0.2) is 9.84 Å². The molecule has 156 valence electrons. The first-order valence-electron chi connectivity index (χ1n) is 9.34. The van der Waals surface area contributed by atoms with E-state index in [1.54, 1.807) is 30.3 Å². The normalized spacial score (nSPS) is 15.3. The number of hydrogen-bond donors (Lipinski definition) is 0. The van der Waals surface area contributed by atoms with Crippen LogP contribution in [0, 0.1) is 0 Å². The Hall–Kier alpha value is -1.24. The topological polar surface area (TPSA) is 46.6 Å². The molecular formula is C21H22Cl3NO3S. The predicted octanol–water partition coefficient (Wildman–Crippen LogP) is 5.87. The van der Waals surface area contributed by atoms with Crippen molar-refractivity contribution < 1.29 is 13.2 Å². The molecule has 0 bridgehead atoms. The molecule has 0 amide bonds. The second-order valence-electron chi connectivity index (χ2n) is 6.89. The largest absolute Gasteiger partial charge is 0.493 e. The second kappa shape index (κ2) is 10.2. The van der Waals surface area contributed by atoms with Crippen LogP contribution in [0.3, 0.4) is 0 Å². The summed E-state index contributed by atoms with van der Waals surface area (Å²) in [6.07, 6.45) is 2.38. The van der Waals surface area contributed by atoms with E-state index in [0.29, 0.717) is 27.4 Å². The van der Waals surface area contributed by atoms with Gasteiger partial charge in [-0.3, -0.25) is 0 Å². The van der Waals surface area contributed by atoms with E-state index in [1.807, 2.05) is 0 Å². The predicted molar refractivity (Wildman–Crippen MR) is 119 cm³/mol. The molecule has 0 atom stereocenters. The Morgan fingerprint density at radius 3 is 2.31 bits per heavy atom. The number of rotatable bonds is 7. The van der Waals surface area contributed by atoms with Crippen molar-refractivity contribution in [3.63, 3.8) is 0 Å². The third-order valence-corrected chi connectivity index (χ3v) is 7.30. The third kappa shape index (κ3) is 6.63. The minimum absolute atomic E-state index is 0.274. The molecule has 4 nitrogen and oxygen atoms in total. The summed E-state index contributed by atoms with van der Waals surface area (Å²) in [6.45, 7) is 3.17. The Labute approximate surface area is 186 Å². The molecule has 2 aromatic carbocycles. The van der Waals surface area contributed by atoms with Gasteiger partial charge < -0.3 is 9.64 Å². The van der Waals surface area contributed by atoms with Crippen LogP contribution in [0.5, 0.6) is 5.75 Å². The van der Waals surface area contributed by atoms with Gasteiger partial charge in [0.25, 0.3) is 0 Å². The van der Waals surface area contributed by atoms with Crippen LogP contribution in [0.25, 0.3) is 0 Å². The first-order valence-corrected chi connectivity index (χ1v) is 12.0. The molecule has 0 spiro atoms. The maximum atomic E-state index is 12.5. The SMILES string of the molecule is O=S(=O)(C=C1CCN(CCCOc2ccc(Cl)c(Cl)c2)CC1)c1ccc(Cl)cc1. The average molecular weight is 475 g/mol. The van der Waals surface area contributed by atoms with E-state index >= 15 is 0 Å². The quantitative estimate of drug-likeness (QED) is 0.471. The molecule has 2 aromatic rings. The second-order valence-corrected chi connectivity index (χ2v) is 9.94. The molecule has 1 fully saturated rings. The van der Waals surface area contributed by atoms with E-state index in [2.05, 4.69) is 4.90 Å². The highest BCUT2D eigenvalue weighted by Gasteiger charge is 2.18. The van der Waals surface area contributed by atoms with Crippen molar-refractivity contribution >= 4 is 44.6 Å². The molecule has 8 heteroatoms. The van der Waals surface area contributed by atoms with Gasteiger partial charge in [0, 0.05) is 36.1 Å². The summed E-state index contributed by atoms with van der Waals surface area (Å²) in [5, 5.41) is 2.93. The zero-order chi connectivity index (χ0) is 20.9. The van der Waals surface area contributed by atoms with Crippen molar-refractivity contribution in [1.82, 2.24) is 4.90 Å². The molecule has 29 heavy (non-hydrogen) atoms. The van der Waals surface area contributed by atoms with Crippen LogP contribution in [0.2, 0.25) is 15.1 Å². The van der Waals surface area contributed by atoms with Crippen LogP contribution >= 0.6 is 34.8 Å². The van der Waals surface area contributed by atoms with Gasteiger partial charge in [0.2, 0.25) is 0 Å². The smallest absolute Gasteiger partial charge is 0.199 e. The third-order valence-electron chi connectivity index (χ3n) is 4.74. The fraction of sp³-hybridized carbons (Fsp3) is 0.333. The van der Waals surface area contributed by atoms with Crippen LogP contribution in [0.4, 0.5) is 0 Å². The summed E-state index contributed by atoms with van der Waals surface area (Å²) in [7, 11) is -3.43. The van der Waals surface area contributed by atoms with E-state index in [1.165, 1.54) is 17.5 Å². The molecule has 0 saturated carbocycles. The van der Waals surface area contributed by atoms with Crippen LogP contribution in [0.15, 0.2) is 58.3 Å². The van der Waals surface area contributed by atoms with E-state index in [0.717, 1.165) is 44.5 Å². The molecule has 0 N–H and O–H groups in total. The summed E-state index contributed by atoms with van der Waals surface area (Å²) in [6, 6.07) is 11.5. The Kier molecular flexibility index (Phi) is 7.88. The fourth-order valence-corrected chi connectivity index (χ4v) is 4.88. The lowest BCUT2D eigenvalue weighted by Gasteiger charge is -2.28. The minimum atomic E-state index is -3.43. The lowest BCUT2D eigenvalue weighted by molar-refractivity contribution is 0.223. The van der Waals surface area contributed by atoms with Crippen molar-refractivity contribution in [2.45, 2.75) is 24.2 Å². The molecule has 3 rings (SSSR count). The summed E-state index contributed by atoms with van der Waals surface area (Å²) < 4.78 is 30.7. The van der Waals surface area contributed by atoms with Gasteiger partial charge in [-0.1, -0.05) is 40.4 Å². The Bertz CT molecular complexity index is 965. The van der Waals surface area contributed by atoms with Gasteiger partial charge in [0.1, 0.15) is 5.75 Å². The van der Waals surface area contributed by atoms with Crippen molar-refractivity contribution in [2.24, 2.45) is 0 Å². The van der Waals surface area contributed by atoms with E-state index in [4.69, 9.17) is 39.5 Å². The number of hydrogen-bond acceptors (Lipinski definition) is 4. The van der Waals surface area contributed by atoms with Gasteiger partial charge >= 0.3 is 0 Å². The van der Waals surface area contributed by atoms with Crippen molar-refractivity contribution in [2.75, 3.05) is 26.2 Å². The molecule has 1 heterocycles. The first kappa shape index (κ1) is 22.4. The number of benzene rings is 2.